The number of aromatic amines is 1. The second-order valence-corrected chi connectivity index (χ2v) is 3.91. The van der Waals surface area contributed by atoms with Crippen LogP contribution in [0.2, 0.25) is 0 Å². The second-order valence-electron chi connectivity index (χ2n) is 3.91. The van der Waals surface area contributed by atoms with Crippen LogP contribution in [0.1, 0.15) is 19.5 Å². The van der Waals surface area contributed by atoms with Gasteiger partial charge in [0.2, 0.25) is 11.9 Å². The number of fused-ring (bicyclic) bond motifs is 1. The molecule has 2 heterocycles. The number of amides is 1. The molecule has 9 nitrogen and oxygen atoms in total. The molecule has 0 fully saturated rings. The van der Waals surface area contributed by atoms with Gasteiger partial charge in [0.25, 0.3) is 5.56 Å². The third-order valence-electron chi connectivity index (χ3n) is 2.19. The molecule has 0 aromatic carbocycles. The molecule has 2 aromatic heterocycles. The maximum absolute atomic E-state index is 11.8. The Hall–Kier alpha value is -2.84. The van der Waals surface area contributed by atoms with E-state index in [2.05, 4.69) is 25.3 Å². The smallest absolute Gasteiger partial charge is 0.303 e. The fraction of sp³-hybridized carbons (Fsp3) is 0.273. The summed E-state index contributed by atoms with van der Waals surface area (Å²) in [7, 11) is 0. The van der Waals surface area contributed by atoms with Crippen molar-refractivity contribution < 1.29 is 14.3 Å². The molecule has 0 atom stereocenters. The van der Waals surface area contributed by atoms with E-state index in [-0.39, 0.29) is 29.6 Å². The number of ether oxygens (including phenoxy) is 1. The van der Waals surface area contributed by atoms with Crippen LogP contribution in [-0.4, -0.2) is 31.8 Å². The van der Waals surface area contributed by atoms with Crippen LogP contribution < -0.4 is 10.9 Å². The Bertz CT molecular complexity index is 739. The van der Waals surface area contributed by atoms with Gasteiger partial charge in [0, 0.05) is 13.8 Å². The maximum Gasteiger partial charge on any atom is 0.303 e. The Morgan fingerprint density at radius 2 is 2.10 bits per heavy atom. The Labute approximate surface area is 112 Å². The normalized spacial score (nSPS) is 10.3. The van der Waals surface area contributed by atoms with Crippen molar-refractivity contribution in [1.29, 1.82) is 0 Å². The first-order valence-corrected chi connectivity index (χ1v) is 5.62. The lowest BCUT2D eigenvalue weighted by Gasteiger charge is -2.04. The molecule has 0 aliphatic carbocycles. The molecule has 104 valence electrons. The van der Waals surface area contributed by atoms with E-state index < -0.39 is 11.5 Å². The van der Waals surface area contributed by atoms with E-state index in [9.17, 15) is 14.4 Å². The minimum Gasteiger partial charge on any atom is -0.459 e. The van der Waals surface area contributed by atoms with Gasteiger partial charge < -0.3 is 4.74 Å². The number of hydrogen-bond acceptors (Lipinski definition) is 7. The summed E-state index contributed by atoms with van der Waals surface area (Å²) < 4.78 is 4.76. The predicted octanol–water partition coefficient (Wildman–Crippen LogP) is -0.265. The van der Waals surface area contributed by atoms with Gasteiger partial charge in [-0.2, -0.15) is 4.98 Å². The van der Waals surface area contributed by atoms with Crippen LogP contribution in [0.5, 0.6) is 0 Å². The first-order valence-electron chi connectivity index (χ1n) is 5.62. The highest BCUT2D eigenvalue weighted by Gasteiger charge is 2.09. The Morgan fingerprint density at radius 3 is 2.75 bits per heavy atom. The zero-order valence-corrected chi connectivity index (χ0v) is 10.8. The van der Waals surface area contributed by atoms with E-state index in [1.807, 2.05) is 0 Å². The van der Waals surface area contributed by atoms with Gasteiger partial charge in [-0.1, -0.05) is 0 Å². The molecule has 9 heteroatoms. The molecule has 0 aliphatic rings. The predicted molar refractivity (Wildman–Crippen MR) is 67.7 cm³/mol. The van der Waals surface area contributed by atoms with Crippen LogP contribution in [0.3, 0.4) is 0 Å². The molecule has 0 aliphatic heterocycles. The van der Waals surface area contributed by atoms with E-state index in [4.69, 9.17) is 4.74 Å². The maximum atomic E-state index is 11.8. The molecule has 0 saturated heterocycles. The molecule has 0 bridgehead atoms. The van der Waals surface area contributed by atoms with Crippen LogP contribution in [0.25, 0.3) is 11.2 Å². The number of esters is 1. The molecule has 2 rings (SSSR count). The fourth-order valence-electron chi connectivity index (χ4n) is 1.43. The van der Waals surface area contributed by atoms with Crippen LogP contribution in [0.4, 0.5) is 5.95 Å². The SMILES string of the molecule is CC(=O)Nc1nc2ncc(COC(C)=O)nc2c(=O)[nH]1. The van der Waals surface area contributed by atoms with Gasteiger partial charge >= 0.3 is 5.97 Å². The molecule has 0 spiro atoms. The number of aromatic nitrogens is 4. The zero-order chi connectivity index (χ0) is 14.7. The van der Waals surface area contributed by atoms with Gasteiger partial charge in [0.05, 0.1) is 11.9 Å². The number of carbonyl (C=O) groups is 2. The van der Waals surface area contributed by atoms with Crippen molar-refractivity contribution in [2.45, 2.75) is 20.5 Å². The van der Waals surface area contributed by atoms with E-state index >= 15 is 0 Å². The lowest BCUT2D eigenvalue weighted by atomic mass is 10.4. The zero-order valence-electron chi connectivity index (χ0n) is 10.8. The average molecular weight is 277 g/mol. The van der Waals surface area contributed by atoms with E-state index in [0.717, 1.165) is 0 Å². The number of nitrogens with zero attached hydrogens (tertiary/aromatic N) is 3. The van der Waals surface area contributed by atoms with Gasteiger partial charge in [-0.25, -0.2) is 9.97 Å². The van der Waals surface area contributed by atoms with Crippen molar-refractivity contribution in [3.63, 3.8) is 0 Å². The highest BCUT2D eigenvalue weighted by Crippen LogP contribution is 2.05. The standard InChI is InChI=1S/C11H11N5O4/c1-5(17)13-11-15-9-8(10(19)16-11)14-7(3-12-9)4-20-6(2)18/h3H,4H2,1-2H3,(H2,12,13,15,16,17,19). The lowest BCUT2D eigenvalue weighted by molar-refractivity contribution is -0.142. The van der Waals surface area contributed by atoms with Crippen molar-refractivity contribution in [3.05, 3.63) is 22.2 Å². The number of H-pyrrole nitrogens is 1. The van der Waals surface area contributed by atoms with Crippen molar-refractivity contribution >= 4 is 29.0 Å². The third kappa shape index (κ3) is 3.13. The van der Waals surface area contributed by atoms with Gasteiger partial charge in [-0.15, -0.1) is 0 Å². The van der Waals surface area contributed by atoms with Crippen molar-refractivity contribution in [3.8, 4) is 0 Å². The summed E-state index contributed by atoms with van der Waals surface area (Å²) in [5, 5.41) is 2.35. The molecule has 2 aromatic rings. The van der Waals surface area contributed by atoms with Crippen molar-refractivity contribution in [2.75, 3.05) is 5.32 Å². The molecular formula is C11H11N5O4. The summed E-state index contributed by atoms with van der Waals surface area (Å²) in [5.41, 5.74) is -0.129. The van der Waals surface area contributed by atoms with Crippen LogP contribution in [-0.2, 0) is 20.9 Å². The topological polar surface area (TPSA) is 127 Å². The molecular weight excluding hydrogens is 266 g/mol. The Balaban J connectivity index is 2.38. The quantitative estimate of drug-likeness (QED) is 0.739. The van der Waals surface area contributed by atoms with E-state index in [1.165, 1.54) is 20.0 Å². The minimum atomic E-state index is -0.545. The summed E-state index contributed by atoms with van der Waals surface area (Å²) in [4.78, 5) is 47.7. The van der Waals surface area contributed by atoms with E-state index in [0.29, 0.717) is 5.69 Å². The minimum absolute atomic E-state index is 0.00274. The second kappa shape index (κ2) is 5.43. The van der Waals surface area contributed by atoms with Crippen molar-refractivity contribution in [2.24, 2.45) is 0 Å². The van der Waals surface area contributed by atoms with Gasteiger partial charge in [-0.05, 0) is 0 Å². The highest BCUT2D eigenvalue weighted by molar-refractivity contribution is 5.87. The number of rotatable bonds is 3. The highest BCUT2D eigenvalue weighted by atomic mass is 16.5. The van der Waals surface area contributed by atoms with Crippen LogP contribution in [0, 0.1) is 0 Å². The largest absolute Gasteiger partial charge is 0.459 e. The summed E-state index contributed by atoms with van der Waals surface area (Å²) in [5.74, 6) is -0.830. The van der Waals surface area contributed by atoms with Gasteiger partial charge in [0.15, 0.2) is 11.2 Å². The third-order valence-corrected chi connectivity index (χ3v) is 2.19. The molecule has 0 radical (unpaired) electrons. The van der Waals surface area contributed by atoms with Gasteiger partial charge in [0.1, 0.15) is 6.61 Å². The van der Waals surface area contributed by atoms with E-state index in [1.54, 1.807) is 0 Å². The first kappa shape index (κ1) is 13.6. The number of hydrogen-bond donors (Lipinski definition) is 2. The molecule has 0 unspecified atom stereocenters. The number of carbonyl (C=O) groups excluding carboxylic acids is 2. The monoisotopic (exact) mass is 277 g/mol. The Morgan fingerprint density at radius 1 is 1.35 bits per heavy atom. The fourth-order valence-corrected chi connectivity index (χ4v) is 1.43. The Kier molecular flexibility index (Phi) is 3.69. The van der Waals surface area contributed by atoms with Crippen LogP contribution in [0.15, 0.2) is 11.0 Å². The average Bonchev–Trinajstić information content (AvgIpc) is 2.35. The lowest BCUT2D eigenvalue weighted by Crippen LogP contribution is -2.18. The summed E-state index contributed by atoms with van der Waals surface area (Å²) in [6, 6.07) is 0. The summed E-state index contributed by atoms with van der Waals surface area (Å²) in [6.45, 7) is 2.48. The summed E-state index contributed by atoms with van der Waals surface area (Å²) >= 11 is 0. The first-order chi connectivity index (χ1) is 9.45. The summed E-state index contributed by atoms with van der Waals surface area (Å²) in [6.07, 6.45) is 1.34. The van der Waals surface area contributed by atoms with Crippen LogP contribution >= 0.6 is 0 Å². The molecule has 20 heavy (non-hydrogen) atoms. The molecule has 1 amide bonds. The number of anilines is 1. The van der Waals surface area contributed by atoms with Gasteiger partial charge in [-0.3, -0.25) is 24.7 Å². The number of nitrogens with one attached hydrogen (secondary N) is 2. The molecule has 2 N–H and O–H groups in total. The molecule has 0 saturated carbocycles. The van der Waals surface area contributed by atoms with Crippen molar-refractivity contribution in [1.82, 2.24) is 19.9 Å².